The first-order chi connectivity index (χ1) is 3.39. The molecular formula is C5H5KNO. The van der Waals surface area contributed by atoms with Gasteiger partial charge in [0.1, 0.15) is 5.75 Å². The van der Waals surface area contributed by atoms with Crippen LogP contribution in [-0.4, -0.2) is 61.5 Å². The van der Waals surface area contributed by atoms with E-state index in [0.717, 1.165) is 0 Å². The van der Waals surface area contributed by atoms with Gasteiger partial charge in [0.25, 0.3) is 0 Å². The second kappa shape index (κ2) is 4.46. The van der Waals surface area contributed by atoms with Gasteiger partial charge in [-0.2, -0.15) is 0 Å². The number of hydrogen-bond donors (Lipinski definition) is 1. The Hall–Kier alpha value is 0.586. The average Bonchev–Trinajstić information content (AvgIpc) is 1.69. The van der Waals surface area contributed by atoms with Crippen LogP contribution in [0.25, 0.3) is 0 Å². The third kappa shape index (κ3) is 2.79. The summed E-state index contributed by atoms with van der Waals surface area (Å²) in [6, 6.07) is 3.25. The molecular weight excluding hydrogens is 129 g/mol. The molecule has 1 N–H and O–H groups in total. The van der Waals surface area contributed by atoms with Crippen LogP contribution in [0, 0.1) is 0 Å². The summed E-state index contributed by atoms with van der Waals surface area (Å²) in [4.78, 5) is 3.63. The van der Waals surface area contributed by atoms with E-state index in [0.29, 0.717) is 0 Å². The molecule has 3 heteroatoms. The van der Waals surface area contributed by atoms with E-state index in [1.165, 1.54) is 6.20 Å². The fourth-order valence-electron chi connectivity index (χ4n) is 0.354. The Morgan fingerprint density at radius 3 is 2.50 bits per heavy atom. The topological polar surface area (TPSA) is 33.1 Å². The van der Waals surface area contributed by atoms with Crippen LogP contribution < -0.4 is 0 Å². The summed E-state index contributed by atoms with van der Waals surface area (Å²) < 4.78 is 0. The van der Waals surface area contributed by atoms with Crippen molar-refractivity contribution in [3.05, 3.63) is 24.5 Å². The van der Waals surface area contributed by atoms with Crippen molar-refractivity contribution in [2.45, 2.75) is 0 Å². The maximum Gasteiger partial charge on any atom is 0.133 e. The van der Waals surface area contributed by atoms with Crippen LogP contribution in [-0.2, 0) is 0 Å². The molecule has 0 saturated carbocycles. The van der Waals surface area contributed by atoms with Gasteiger partial charge in [-0.3, -0.25) is 4.98 Å². The average molecular weight is 134 g/mol. The SMILES string of the molecule is Oc1cccnc1.[K]. The molecule has 1 aromatic rings. The van der Waals surface area contributed by atoms with Crippen molar-refractivity contribution >= 4 is 51.4 Å². The van der Waals surface area contributed by atoms with Crippen LogP contribution in [0.15, 0.2) is 24.5 Å². The van der Waals surface area contributed by atoms with Gasteiger partial charge in [0.15, 0.2) is 0 Å². The molecule has 0 bridgehead atoms. The quantitative estimate of drug-likeness (QED) is 0.521. The number of aromatic hydroxyl groups is 1. The Labute approximate surface area is 90.4 Å². The van der Waals surface area contributed by atoms with Crippen molar-refractivity contribution in [3.63, 3.8) is 0 Å². The molecule has 0 aliphatic rings. The molecule has 8 heavy (non-hydrogen) atoms. The van der Waals surface area contributed by atoms with E-state index in [4.69, 9.17) is 5.11 Å². The van der Waals surface area contributed by atoms with E-state index in [1.807, 2.05) is 0 Å². The van der Waals surface area contributed by atoms with Gasteiger partial charge in [0.2, 0.25) is 0 Å². The van der Waals surface area contributed by atoms with Crippen LogP contribution in [0.2, 0.25) is 0 Å². The largest absolute Gasteiger partial charge is 0.506 e. The molecule has 0 aliphatic carbocycles. The summed E-state index contributed by atoms with van der Waals surface area (Å²) in [5.41, 5.74) is 0. The predicted molar refractivity (Wildman–Crippen MR) is 31.7 cm³/mol. The van der Waals surface area contributed by atoms with E-state index < -0.39 is 0 Å². The number of nitrogens with zero attached hydrogens (tertiary/aromatic N) is 1. The molecule has 0 aliphatic heterocycles. The zero-order chi connectivity index (χ0) is 5.11. The predicted octanol–water partition coefficient (Wildman–Crippen LogP) is 0.406. The van der Waals surface area contributed by atoms with Gasteiger partial charge in [-0.25, -0.2) is 0 Å². The fraction of sp³-hybridized carbons (Fsp3) is 0. The Kier molecular flexibility index (Phi) is 4.79. The van der Waals surface area contributed by atoms with E-state index in [2.05, 4.69) is 4.98 Å². The minimum Gasteiger partial charge on any atom is -0.506 e. The first-order valence-corrected chi connectivity index (χ1v) is 1.98. The van der Waals surface area contributed by atoms with Gasteiger partial charge in [-0.15, -0.1) is 0 Å². The molecule has 1 rings (SSSR count). The summed E-state index contributed by atoms with van der Waals surface area (Å²) in [6.07, 6.45) is 3.00. The Morgan fingerprint density at radius 1 is 1.50 bits per heavy atom. The molecule has 0 unspecified atom stereocenters. The summed E-state index contributed by atoms with van der Waals surface area (Å²) in [5, 5.41) is 8.57. The van der Waals surface area contributed by atoms with Gasteiger partial charge in [-0.1, -0.05) is 0 Å². The third-order valence-corrected chi connectivity index (χ3v) is 0.646. The van der Waals surface area contributed by atoms with Crippen molar-refractivity contribution in [3.8, 4) is 5.75 Å². The summed E-state index contributed by atoms with van der Waals surface area (Å²) in [6.45, 7) is 0. The van der Waals surface area contributed by atoms with Gasteiger partial charge in [-0.05, 0) is 12.1 Å². The van der Waals surface area contributed by atoms with Crippen LogP contribution in [0.3, 0.4) is 0 Å². The summed E-state index contributed by atoms with van der Waals surface area (Å²) in [7, 11) is 0. The van der Waals surface area contributed by atoms with Gasteiger partial charge >= 0.3 is 0 Å². The molecule has 1 radical (unpaired) electrons. The maximum absolute atomic E-state index is 8.57. The van der Waals surface area contributed by atoms with Gasteiger partial charge in [0.05, 0.1) is 6.20 Å². The van der Waals surface area contributed by atoms with Gasteiger partial charge < -0.3 is 5.11 Å². The van der Waals surface area contributed by atoms with Crippen LogP contribution in [0.5, 0.6) is 5.75 Å². The van der Waals surface area contributed by atoms with Crippen molar-refractivity contribution in [2.24, 2.45) is 0 Å². The molecule has 0 amide bonds. The van der Waals surface area contributed by atoms with Crippen molar-refractivity contribution in [2.75, 3.05) is 0 Å². The molecule has 0 aromatic carbocycles. The number of pyridine rings is 1. The zero-order valence-electron chi connectivity index (χ0n) is 4.70. The second-order valence-electron chi connectivity index (χ2n) is 1.21. The number of hydrogen-bond acceptors (Lipinski definition) is 2. The third-order valence-electron chi connectivity index (χ3n) is 0.646. The molecule has 0 fully saturated rings. The van der Waals surface area contributed by atoms with Crippen molar-refractivity contribution in [1.29, 1.82) is 0 Å². The zero-order valence-corrected chi connectivity index (χ0v) is 7.83. The van der Waals surface area contributed by atoms with Crippen molar-refractivity contribution in [1.82, 2.24) is 4.98 Å². The first-order valence-electron chi connectivity index (χ1n) is 1.98. The van der Waals surface area contributed by atoms with E-state index in [1.54, 1.807) is 18.3 Å². The minimum absolute atomic E-state index is 0. The maximum atomic E-state index is 8.57. The molecule has 1 heterocycles. The molecule has 2 nitrogen and oxygen atoms in total. The molecule has 0 spiro atoms. The summed E-state index contributed by atoms with van der Waals surface area (Å²) in [5.74, 6) is 0.211. The van der Waals surface area contributed by atoms with Gasteiger partial charge in [0, 0.05) is 57.6 Å². The smallest absolute Gasteiger partial charge is 0.133 e. The monoisotopic (exact) mass is 134 g/mol. The standard InChI is InChI=1S/C5H5NO.K/c7-5-2-1-3-6-4-5;/h1-4,7H;. The Bertz CT molecular complexity index is 142. The molecule has 0 saturated heterocycles. The number of rotatable bonds is 0. The fourth-order valence-corrected chi connectivity index (χ4v) is 0.354. The molecule has 0 atom stereocenters. The van der Waals surface area contributed by atoms with E-state index in [9.17, 15) is 0 Å². The van der Waals surface area contributed by atoms with Crippen molar-refractivity contribution < 1.29 is 5.11 Å². The van der Waals surface area contributed by atoms with Crippen LogP contribution in [0.1, 0.15) is 0 Å². The van der Waals surface area contributed by atoms with Crippen LogP contribution in [0.4, 0.5) is 0 Å². The summed E-state index contributed by atoms with van der Waals surface area (Å²) >= 11 is 0. The Balaban J connectivity index is 0.000000490. The number of aromatic nitrogens is 1. The molecule has 37 valence electrons. The Morgan fingerprint density at radius 2 is 2.25 bits per heavy atom. The first kappa shape index (κ1) is 8.59. The van der Waals surface area contributed by atoms with E-state index in [-0.39, 0.29) is 57.1 Å². The van der Waals surface area contributed by atoms with Crippen LogP contribution >= 0.6 is 0 Å². The minimum atomic E-state index is 0. The molecule has 1 aromatic heterocycles. The van der Waals surface area contributed by atoms with E-state index >= 15 is 0 Å². The second-order valence-corrected chi connectivity index (χ2v) is 1.21. The normalized spacial score (nSPS) is 7.50.